The Balaban J connectivity index is 1.68. The normalized spacial score (nSPS) is 15.1. The molecule has 0 unspecified atom stereocenters. The number of nitrogens with zero attached hydrogens (tertiary/aromatic N) is 2. The molecular formula is C22H31N3O. The van der Waals surface area contributed by atoms with Crippen molar-refractivity contribution in [1.29, 1.82) is 0 Å². The summed E-state index contributed by atoms with van der Waals surface area (Å²) in [6, 6.07) is 10.8. The number of carbonyl (C=O) groups is 1. The molecule has 3 rings (SSSR count). The van der Waals surface area contributed by atoms with Crippen LogP contribution in [-0.2, 0) is 0 Å². The van der Waals surface area contributed by atoms with Crippen LogP contribution in [0.15, 0.2) is 30.3 Å². The molecule has 0 aliphatic heterocycles. The summed E-state index contributed by atoms with van der Waals surface area (Å²) in [5.41, 5.74) is 5.34. The summed E-state index contributed by atoms with van der Waals surface area (Å²) in [6.07, 6.45) is 6.42. The van der Waals surface area contributed by atoms with Crippen LogP contribution < -0.4 is 10.2 Å². The zero-order valence-electron chi connectivity index (χ0n) is 16.5. The minimum Gasteiger partial charge on any atom is -0.378 e. The maximum absolute atomic E-state index is 12.8. The standard InChI is InChI=1S/C22H31N3O/c1-16-14-21(17(2)25(16)20-8-6-5-7-9-20)22(26)15-23-18-10-12-19(13-11-18)24(3)4/h10-14,20,23H,5-9,15H2,1-4H3. The number of anilines is 2. The molecule has 140 valence electrons. The van der Waals surface area contributed by atoms with Gasteiger partial charge in [-0.25, -0.2) is 0 Å². The summed E-state index contributed by atoms with van der Waals surface area (Å²) >= 11 is 0. The van der Waals surface area contributed by atoms with Crippen molar-refractivity contribution in [3.63, 3.8) is 0 Å². The zero-order valence-corrected chi connectivity index (χ0v) is 16.5. The SMILES string of the molecule is Cc1cc(C(=O)CNc2ccc(N(C)C)cc2)c(C)n1C1CCCCC1. The molecule has 0 saturated heterocycles. The van der Waals surface area contributed by atoms with Crippen molar-refractivity contribution in [2.24, 2.45) is 0 Å². The van der Waals surface area contributed by atoms with Crippen LogP contribution in [0.5, 0.6) is 0 Å². The van der Waals surface area contributed by atoms with Gasteiger partial charge in [0.05, 0.1) is 6.54 Å². The van der Waals surface area contributed by atoms with Crippen molar-refractivity contribution in [2.45, 2.75) is 52.0 Å². The fourth-order valence-electron chi connectivity index (χ4n) is 4.12. The molecule has 1 aromatic heterocycles. The quantitative estimate of drug-likeness (QED) is 0.745. The van der Waals surface area contributed by atoms with Crippen LogP contribution in [-0.4, -0.2) is 31.0 Å². The summed E-state index contributed by atoms with van der Waals surface area (Å²) in [7, 11) is 4.04. The second-order valence-corrected chi connectivity index (χ2v) is 7.66. The van der Waals surface area contributed by atoms with E-state index in [1.807, 2.05) is 26.2 Å². The second kappa shape index (κ2) is 7.98. The third-order valence-corrected chi connectivity index (χ3v) is 5.56. The Hall–Kier alpha value is -2.23. The number of rotatable bonds is 6. The number of carbonyl (C=O) groups excluding carboxylic acids is 1. The van der Waals surface area contributed by atoms with Gasteiger partial charge in [-0.3, -0.25) is 4.79 Å². The molecule has 4 nitrogen and oxygen atoms in total. The van der Waals surface area contributed by atoms with Crippen molar-refractivity contribution in [3.05, 3.63) is 47.3 Å². The van der Waals surface area contributed by atoms with Gasteiger partial charge in [0.15, 0.2) is 5.78 Å². The predicted octanol–water partition coefficient (Wildman–Crippen LogP) is 4.97. The van der Waals surface area contributed by atoms with E-state index in [0.29, 0.717) is 12.6 Å². The molecule has 1 aliphatic rings. The van der Waals surface area contributed by atoms with Crippen molar-refractivity contribution in [3.8, 4) is 0 Å². The summed E-state index contributed by atoms with van der Waals surface area (Å²) in [5, 5.41) is 3.27. The fraction of sp³-hybridized carbons (Fsp3) is 0.500. The Labute approximate surface area is 157 Å². The number of ketones is 1. The average molecular weight is 354 g/mol. The molecule has 0 bridgehead atoms. The zero-order chi connectivity index (χ0) is 18.7. The van der Waals surface area contributed by atoms with E-state index in [-0.39, 0.29) is 5.78 Å². The largest absolute Gasteiger partial charge is 0.378 e. The smallest absolute Gasteiger partial charge is 0.183 e. The molecule has 0 atom stereocenters. The first-order chi connectivity index (χ1) is 12.5. The molecule has 0 spiro atoms. The van der Waals surface area contributed by atoms with E-state index < -0.39 is 0 Å². The Bertz CT molecular complexity index is 752. The van der Waals surface area contributed by atoms with E-state index in [1.165, 1.54) is 37.8 Å². The Morgan fingerprint density at radius 1 is 1.12 bits per heavy atom. The Morgan fingerprint density at radius 2 is 1.77 bits per heavy atom. The molecule has 1 aromatic carbocycles. The van der Waals surface area contributed by atoms with Gasteiger partial charge in [0.25, 0.3) is 0 Å². The average Bonchev–Trinajstić information content (AvgIpc) is 2.95. The molecular weight excluding hydrogens is 322 g/mol. The monoisotopic (exact) mass is 353 g/mol. The number of hydrogen-bond donors (Lipinski definition) is 1. The lowest BCUT2D eigenvalue weighted by Crippen LogP contribution is -2.18. The molecule has 0 amide bonds. The topological polar surface area (TPSA) is 37.3 Å². The van der Waals surface area contributed by atoms with Gasteiger partial charge < -0.3 is 14.8 Å². The third kappa shape index (κ3) is 3.95. The van der Waals surface area contributed by atoms with Crippen LogP contribution >= 0.6 is 0 Å². The first-order valence-corrected chi connectivity index (χ1v) is 9.70. The van der Waals surface area contributed by atoms with Crippen LogP contribution in [0.25, 0.3) is 0 Å². The van der Waals surface area contributed by atoms with Gasteiger partial charge in [0.2, 0.25) is 0 Å². The summed E-state index contributed by atoms with van der Waals surface area (Å²) in [5.74, 6) is 0.164. The molecule has 1 fully saturated rings. The molecule has 1 N–H and O–H groups in total. The van der Waals surface area contributed by atoms with E-state index in [2.05, 4.69) is 46.8 Å². The summed E-state index contributed by atoms with van der Waals surface area (Å²) < 4.78 is 2.40. The molecule has 4 heteroatoms. The lowest BCUT2D eigenvalue weighted by Gasteiger charge is -2.26. The van der Waals surface area contributed by atoms with Crippen LogP contribution in [0.1, 0.15) is 59.9 Å². The van der Waals surface area contributed by atoms with Crippen LogP contribution in [0.2, 0.25) is 0 Å². The van der Waals surface area contributed by atoms with Crippen molar-refractivity contribution in [1.82, 2.24) is 4.57 Å². The fourth-order valence-corrected chi connectivity index (χ4v) is 4.12. The molecule has 1 saturated carbocycles. The van der Waals surface area contributed by atoms with Crippen LogP contribution in [0.4, 0.5) is 11.4 Å². The van der Waals surface area contributed by atoms with E-state index in [0.717, 1.165) is 22.6 Å². The van der Waals surface area contributed by atoms with Gasteiger partial charge in [0, 0.05) is 48.5 Å². The first-order valence-electron chi connectivity index (χ1n) is 9.70. The van der Waals surface area contributed by atoms with E-state index in [4.69, 9.17) is 0 Å². The number of aryl methyl sites for hydroxylation is 1. The highest BCUT2D eigenvalue weighted by molar-refractivity contribution is 6.00. The number of benzene rings is 1. The first kappa shape index (κ1) is 18.6. The van der Waals surface area contributed by atoms with Gasteiger partial charge in [0.1, 0.15) is 0 Å². The number of Topliss-reactive ketones (excluding diaryl/α,β-unsaturated/α-hetero) is 1. The third-order valence-electron chi connectivity index (χ3n) is 5.56. The van der Waals surface area contributed by atoms with Crippen LogP contribution in [0, 0.1) is 13.8 Å². The highest BCUT2D eigenvalue weighted by Crippen LogP contribution is 2.32. The van der Waals surface area contributed by atoms with Crippen molar-refractivity contribution < 1.29 is 4.79 Å². The number of nitrogens with one attached hydrogen (secondary N) is 1. The molecule has 0 radical (unpaired) electrons. The predicted molar refractivity (Wildman–Crippen MR) is 110 cm³/mol. The van der Waals surface area contributed by atoms with Gasteiger partial charge in [-0.05, 0) is 57.0 Å². The summed E-state index contributed by atoms with van der Waals surface area (Å²) in [4.78, 5) is 14.8. The van der Waals surface area contributed by atoms with Crippen molar-refractivity contribution in [2.75, 3.05) is 30.9 Å². The molecule has 26 heavy (non-hydrogen) atoms. The molecule has 2 aromatic rings. The number of aromatic nitrogens is 1. The maximum Gasteiger partial charge on any atom is 0.183 e. The molecule has 1 aliphatic carbocycles. The Kier molecular flexibility index (Phi) is 5.70. The van der Waals surface area contributed by atoms with Gasteiger partial charge in [-0.2, -0.15) is 0 Å². The van der Waals surface area contributed by atoms with Crippen LogP contribution in [0.3, 0.4) is 0 Å². The molecule has 1 heterocycles. The maximum atomic E-state index is 12.8. The highest BCUT2D eigenvalue weighted by atomic mass is 16.1. The van der Waals surface area contributed by atoms with E-state index in [1.54, 1.807) is 0 Å². The number of hydrogen-bond acceptors (Lipinski definition) is 3. The van der Waals surface area contributed by atoms with Gasteiger partial charge in [-0.1, -0.05) is 19.3 Å². The van der Waals surface area contributed by atoms with E-state index in [9.17, 15) is 4.79 Å². The van der Waals surface area contributed by atoms with Gasteiger partial charge in [-0.15, -0.1) is 0 Å². The minimum atomic E-state index is 0.164. The second-order valence-electron chi connectivity index (χ2n) is 7.66. The van der Waals surface area contributed by atoms with Crippen molar-refractivity contribution >= 4 is 17.2 Å². The lowest BCUT2D eigenvalue weighted by atomic mass is 9.95. The van der Waals surface area contributed by atoms with E-state index >= 15 is 0 Å². The Morgan fingerprint density at radius 3 is 2.38 bits per heavy atom. The highest BCUT2D eigenvalue weighted by Gasteiger charge is 2.22. The lowest BCUT2D eigenvalue weighted by molar-refractivity contribution is 0.101. The summed E-state index contributed by atoms with van der Waals surface area (Å²) in [6.45, 7) is 4.56. The minimum absolute atomic E-state index is 0.164. The van der Waals surface area contributed by atoms with Gasteiger partial charge >= 0.3 is 0 Å².